The molecule has 86 valence electrons. The Morgan fingerprint density at radius 3 is 2.88 bits per heavy atom. The molecular weight excluding hydrogens is 209 g/mol. The molecule has 3 nitrogen and oxygen atoms in total. The fourth-order valence-electron chi connectivity index (χ4n) is 1.75. The van der Waals surface area contributed by atoms with Crippen molar-refractivity contribution < 1.29 is 13.9 Å². The Bertz CT molecular complexity index is 402. The van der Waals surface area contributed by atoms with E-state index >= 15 is 0 Å². The van der Waals surface area contributed by atoms with Crippen molar-refractivity contribution in [1.29, 1.82) is 0 Å². The number of hydrogen-bond donors (Lipinski definition) is 1. The van der Waals surface area contributed by atoms with Crippen LogP contribution in [0.25, 0.3) is 0 Å². The molecule has 16 heavy (non-hydrogen) atoms. The average Bonchev–Trinajstić information content (AvgIpc) is 2.23. The monoisotopic (exact) mass is 223 g/mol. The summed E-state index contributed by atoms with van der Waals surface area (Å²) in [5, 5.41) is 3.08. The van der Waals surface area contributed by atoms with Gasteiger partial charge in [-0.2, -0.15) is 0 Å². The highest BCUT2D eigenvalue weighted by Gasteiger charge is 2.23. The molecule has 1 heterocycles. The minimum Gasteiger partial charge on any atom is -0.494 e. The van der Waals surface area contributed by atoms with E-state index in [1.807, 2.05) is 0 Å². The quantitative estimate of drug-likeness (QED) is 0.788. The smallest absolute Gasteiger partial charge is 0.175 e. The molecule has 2 rings (SSSR count). The minimum atomic E-state index is -0.553. The lowest BCUT2D eigenvalue weighted by atomic mass is 9.93. The summed E-state index contributed by atoms with van der Waals surface area (Å²) in [6.45, 7) is 1.69. The minimum absolute atomic E-state index is 0.123. The van der Waals surface area contributed by atoms with E-state index in [1.165, 1.54) is 19.2 Å². The van der Waals surface area contributed by atoms with E-state index < -0.39 is 5.82 Å². The molecule has 1 aromatic rings. The number of halogens is 1. The van der Waals surface area contributed by atoms with Gasteiger partial charge in [-0.25, -0.2) is 4.39 Å². The van der Waals surface area contributed by atoms with Crippen LogP contribution in [0.5, 0.6) is 5.75 Å². The van der Waals surface area contributed by atoms with Crippen LogP contribution in [-0.4, -0.2) is 26.0 Å². The first-order valence-corrected chi connectivity index (χ1v) is 5.28. The normalized spacial score (nSPS) is 15.6. The lowest BCUT2D eigenvalue weighted by Gasteiger charge is -2.26. The summed E-state index contributed by atoms with van der Waals surface area (Å²) in [6.07, 6.45) is 0.400. The topological polar surface area (TPSA) is 38.3 Å². The molecule has 0 aliphatic carbocycles. The maximum atomic E-state index is 13.7. The van der Waals surface area contributed by atoms with Gasteiger partial charge in [0.25, 0.3) is 0 Å². The molecule has 0 amide bonds. The van der Waals surface area contributed by atoms with E-state index in [2.05, 4.69) is 5.32 Å². The van der Waals surface area contributed by atoms with Gasteiger partial charge in [-0.05, 0) is 31.1 Å². The molecule has 1 aliphatic heterocycles. The number of Topliss-reactive ketones (excluding diaryl/α,β-unsaturated/α-hetero) is 1. The van der Waals surface area contributed by atoms with Gasteiger partial charge < -0.3 is 10.1 Å². The SMILES string of the molecule is COc1cccc(C(=O)CC2CNC2)c1F. The lowest BCUT2D eigenvalue weighted by molar-refractivity contribution is 0.0941. The Balaban J connectivity index is 2.15. The highest BCUT2D eigenvalue weighted by Crippen LogP contribution is 2.22. The van der Waals surface area contributed by atoms with Gasteiger partial charge >= 0.3 is 0 Å². The van der Waals surface area contributed by atoms with Gasteiger partial charge in [0.15, 0.2) is 17.3 Å². The Hall–Kier alpha value is -1.42. The zero-order chi connectivity index (χ0) is 11.5. The van der Waals surface area contributed by atoms with Gasteiger partial charge in [0, 0.05) is 6.42 Å². The van der Waals surface area contributed by atoms with Crippen LogP contribution in [0.1, 0.15) is 16.8 Å². The number of carbonyl (C=O) groups excluding carboxylic acids is 1. The number of carbonyl (C=O) groups is 1. The Morgan fingerprint density at radius 2 is 2.31 bits per heavy atom. The van der Waals surface area contributed by atoms with Crippen molar-refractivity contribution in [3.05, 3.63) is 29.6 Å². The summed E-state index contributed by atoms with van der Waals surface area (Å²) in [7, 11) is 1.39. The molecule has 0 spiro atoms. The second kappa shape index (κ2) is 4.61. The van der Waals surface area contributed by atoms with Crippen LogP contribution in [0.3, 0.4) is 0 Å². The number of ketones is 1. The zero-order valence-corrected chi connectivity index (χ0v) is 9.13. The van der Waals surface area contributed by atoms with E-state index in [1.54, 1.807) is 6.07 Å². The number of hydrogen-bond acceptors (Lipinski definition) is 3. The van der Waals surface area contributed by atoms with Crippen molar-refractivity contribution in [2.75, 3.05) is 20.2 Å². The summed E-state index contributed by atoms with van der Waals surface area (Å²) in [6, 6.07) is 4.65. The van der Waals surface area contributed by atoms with Gasteiger partial charge in [0.2, 0.25) is 0 Å². The molecule has 1 N–H and O–H groups in total. The number of ether oxygens (including phenoxy) is 1. The second-order valence-corrected chi connectivity index (χ2v) is 3.97. The Labute approximate surface area is 93.6 Å². The first-order valence-electron chi connectivity index (χ1n) is 5.28. The predicted octanol–water partition coefficient (Wildman–Crippen LogP) is 1.63. The highest BCUT2D eigenvalue weighted by atomic mass is 19.1. The molecule has 1 aliphatic rings. The fraction of sp³-hybridized carbons (Fsp3) is 0.417. The van der Waals surface area contributed by atoms with Crippen LogP contribution in [0.4, 0.5) is 4.39 Å². The molecule has 0 bridgehead atoms. The maximum absolute atomic E-state index is 13.7. The number of nitrogens with one attached hydrogen (secondary N) is 1. The van der Waals surface area contributed by atoms with Crippen LogP contribution in [-0.2, 0) is 0 Å². The van der Waals surface area contributed by atoms with Crippen LogP contribution < -0.4 is 10.1 Å². The first-order chi connectivity index (χ1) is 7.72. The molecule has 0 unspecified atom stereocenters. The Kier molecular flexibility index (Phi) is 3.19. The molecule has 1 saturated heterocycles. The van der Waals surface area contributed by atoms with E-state index in [-0.39, 0.29) is 17.1 Å². The lowest BCUT2D eigenvalue weighted by Crippen LogP contribution is -2.43. The third-order valence-corrected chi connectivity index (χ3v) is 2.82. The van der Waals surface area contributed by atoms with Crippen LogP contribution in [0.2, 0.25) is 0 Å². The van der Waals surface area contributed by atoms with E-state index in [0.717, 1.165) is 13.1 Å². The third kappa shape index (κ3) is 2.07. The largest absolute Gasteiger partial charge is 0.494 e. The van der Waals surface area contributed by atoms with Crippen molar-refractivity contribution >= 4 is 5.78 Å². The summed E-state index contributed by atoms with van der Waals surface area (Å²) < 4.78 is 18.6. The molecular formula is C12H14FNO2. The fourth-order valence-corrected chi connectivity index (χ4v) is 1.75. The molecule has 0 radical (unpaired) electrons. The summed E-state index contributed by atoms with van der Waals surface area (Å²) in [5.41, 5.74) is 0.131. The molecule has 0 atom stereocenters. The summed E-state index contributed by atoms with van der Waals surface area (Å²) >= 11 is 0. The van der Waals surface area contributed by atoms with Crippen molar-refractivity contribution in [2.24, 2.45) is 5.92 Å². The number of benzene rings is 1. The molecule has 4 heteroatoms. The van der Waals surface area contributed by atoms with Gasteiger partial charge in [0.05, 0.1) is 12.7 Å². The van der Waals surface area contributed by atoms with Crippen molar-refractivity contribution in [2.45, 2.75) is 6.42 Å². The van der Waals surface area contributed by atoms with E-state index in [4.69, 9.17) is 4.74 Å². The summed E-state index contributed by atoms with van der Waals surface area (Å²) in [4.78, 5) is 11.8. The van der Waals surface area contributed by atoms with Crippen molar-refractivity contribution in [1.82, 2.24) is 5.32 Å². The zero-order valence-electron chi connectivity index (χ0n) is 9.13. The number of rotatable bonds is 4. The summed E-state index contributed by atoms with van der Waals surface area (Å²) in [5.74, 6) is -0.235. The first kappa shape index (κ1) is 11.1. The number of methoxy groups -OCH3 is 1. The third-order valence-electron chi connectivity index (χ3n) is 2.82. The van der Waals surface area contributed by atoms with Gasteiger partial charge in [-0.15, -0.1) is 0 Å². The molecule has 1 fully saturated rings. The van der Waals surface area contributed by atoms with Gasteiger partial charge in [-0.3, -0.25) is 4.79 Å². The van der Waals surface area contributed by atoms with Crippen LogP contribution >= 0.6 is 0 Å². The Morgan fingerprint density at radius 1 is 1.56 bits per heavy atom. The van der Waals surface area contributed by atoms with Crippen LogP contribution in [0, 0.1) is 11.7 Å². The van der Waals surface area contributed by atoms with E-state index in [9.17, 15) is 9.18 Å². The average molecular weight is 223 g/mol. The predicted molar refractivity (Wildman–Crippen MR) is 58.3 cm³/mol. The van der Waals surface area contributed by atoms with E-state index in [0.29, 0.717) is 12.3 Å². The maximum Gasteiger partial charge on any atom is 0.175 e. The van der Waals surface area contributed by atoms with Crippen molar-refractivity contribution in [3.8, 4) is 5.75 Å². The van der Waals surface area contributed by atoms with Crippen molar-refractivity contribution in [3.63, 3.8) is 0 Å². The van der Waals surface area contributed by atoms with Crippen LogP contribution in [0.15, 0.2) is 18.2 Å². The highest BCUT2D eigenvalue weighted by molar-refractivity contribution is 5.97. The van der Waals surface area contributed by atoms with Gasteiger partial charge in [0.1, 0.15) is 0 Å². The van der Waals surface area contributed by atoms with Gasteiger partial charge in [-0.1, -0.05) is 6.07 Å². The standard InChI is InChI=1S/C12H14FNO2/c1-16-11-4-2-3-9(12(11)13)10(15)5-8-6-14-7-8/h2-4,8,14H,5-7H2,1H3. The molecule has 1 aromatic carbocycles. The molecule has 0 aromatic heterocycles. The molecule has 0 saturated carbocycles. The second-order valence-electron chi connectivity index (χ2n) is 3.97.